The first-order valence-corrected chi connectivity index (χ1v) is 5.42. The zero-order valence-corrected chi connectivity index (χ0v) is 9.07. The maximum absolute atomic E-state index is 10.7. The molecule has 80 valence electrons. The Balaban J connectivity index is 2.21. The van der Waals surface area contributed by atoms with Crippen molar-refractivity contribution in [2.75, 3.05) is 12.5 Å². The third kappa shape index (κ3) is 2.09. The van der Waals surface area contributed by atoms with Crippen molar-refractivity contribution in [3.05, 3.63) is 23.8 Å². The molecule has 0 N–H and O–H groups in total. The number of ether oxygens (including phenoxy) is 2. The molecule has 4 heteroatoms. The van der Waals surface area contributed by atoms with Crippen LogP contribution in [0.2, 0.25) is 0 Å². The lowest BCUT2D eigenvalue weighted by atomic mass is 10.0. The van der Waals surface area contributed by atoms with E-state index < -0.39 is 0 Å². The van der Waals surface area contributed by atoms with Crippen LogP contribution in [0.5, 0.6) is 11.5 Å². The number of hydrogen-bond acceptors (Lipinski definition) is 4. The number of benzene rings is 1. The zero-order chi connectivity index (χ0) is 10.7. The van der Waals surface area contributed by atoms with Crippen LogP contribution in [0.4, 0.5) is 0 Å². The fourth-order valence-corrected chi connectivity index (χ4v) is 1.80. The number of hydrogen-bond donors (Lipinski definition) is 1. The largest absolute Gasteiger partial charge is 0.454 e. The van der Waals surface area contributed by atoms with Crippen LogP contribution in [-0.2, 0) is 11.2 Å². The molecule has 0 fully saturated rings. The molecular formula is C11H12O3S. The van der Waals surface area contributed by atoms with Gasteiger partial charge in [-0.2, -0.15) is 12.6 Å². The molecule has 1 unspecified atom stereocenters. The molecule has 1 atom stereocenters. The van der Waals surface area contributed by atoms with Gasteiger partial charge in [0.25, 0.3) is 0 Å². The Bertz CT molecular complexity index is 365. The first-order valence-electron chi connectivity index (χ1n) is 4.78. The predicted molar refractivity (Wildman–Crippen MR) is 59.7 cm³/mol. The van der Waals surface area contributed by atoms with Crippen LogP contribution in [0.15, 0.2) is 18.2 Å². The van der Waals surface area contributed by atoms with Gasteiger partial charge in [-0.3, -0.25) is 0 Å². The number of aldehydes is 1. The second-order valence-electron chi connectivity index (χ2n) is 3.43. The minimum Gasteiger partial charge on any atom is -0.454 e. The molecule has 1 aliphatic rings. The van der Waals surface area contributed by atoms with E-state index in [1.807, 2.05) is 18.2 Å². The Morgan fingerprint density at radius 1 is 1.47 bits per heavy atom. The highest BCUT2D eigenvalue weighted by atomic mass is 32.1. The van der Waals surface area contributed by atoms with Crippen LogP contribution < -0.4 is 9.47 Å². The topological polar surface area (TPSA) is 35.5 Å². The van der Waals surface area contributed by atoms with Crippen molar-refractivity contribution in [3.63, 3.8) is 0 Å². The standard InChI is InChI=1S/C11H12O3S/c12-5-8(6-15)4-9-2-1-3-10-11(9)14-7-13-10/h1-3,5,8,15H,4,6-7H2. The molecule has 15 heavy (non-hydrogen) atoms. The molecule has 0 spiro atoms. The third-order valence-electron chi connectivity index (χ3n) is 2.39. The van der Waals surface area contributed by atoms with E-state index in [2.05, 4.69) is 12.6 Å². The smallest absolute Gasteiger partial charge is 0.231 e. The fourth-order valence-electron chi connectivity index (χ4n) is 1.59. The van der Waals surface area contributed by atoms with E-state index in [4.69, 9.17) is 9.47 Å². The van der Waals surface area contributed by atoms with Crippen LogP contribution in [0.1, 0.15) is 5.56 Å². The number of fused-ring (bicyclic) bond motifs is 1. The van der Waals surface area contributed by atoms with E-state index in [1.54, 1.807) is 0 Å². The van der Waals surface area contributed by atoms with Gasteiger partial charge in [-0.1, -0.05) is 12.1 Å². The van der Waals surface area contributed by atoms with E-state index in [9.17, 15) is 4.79 Å². The number of para-hydroxylation sites is 1. The maximum Gasteiger partial charge on any atom is 0.231 e. The van der Waals surface area contributed by atoms with Crippen LogP contribution in [0, 0.1) is 5.92 Å². The summed E-state index contributed by atoms with van der Waals surface area (Å²) in [6, 6.07) is 5.72. The van der Waals surface area contributed by atoms with Crippen molar-refractivity contribution in [2.45, 2.75) is 6.42 Å². The molecule has 1 aromatic rings. The molecule has 0 aromatic heterocycles. The average molecular weight is 224 g/mol. The van der Waals surface area contributed by atoms with Gasteiger partial charge in [0, 0.05) is 11.7 Å². The number of carbonyl (C=O) groups excluding carboxylic acids is 1. The van der Waals surface area contributed by atoms with E-state index in [-0.39, 0.29) is 12.7 Å². The Labute approximate surface area is 93.8 Å². The van der Waals surface area contributed by atoms with Crippen molar-refractivity contribution in [2.24, 2.45) is 5.92 Å². The molecule has 1 aromatic carbocycles. The highest BCUT2D eigenvalue weighted by Gasteiger charge is 2.19. The van der Waals surface area contributed by atoms with Crippen molar-refractivity contribution in [1.82, 2.24) is 0 Å². The molecule has 1 aliphatic heterocycles. The molecule has 1 heterocycles. The van der Waals surface area contributed by atoms with Gasteiger partial charge in [0.1, 0.15) is 6.29 Å². The molecule has 0 saturated heterocycles. The Kier molecular flexibility index (Phi) is 3.16. The molecule has 0 amide bonds. The SMILES string of the molecule is O=CC(CS)Cc1cccc2c1OCO2. The first-order chi connectivity index (χ1) is 7.35. The van der Waals surface area contributed by atoms with Crippen LogP contribution in [0.3, 0.4) is 0 Å². The number of rotatable bonds is 4. The second-order valence-corrected chi connectivity index (χ2v) is 3.80. The van der Waals surface area contributed by atoms with Crippen molar-refractivity contribution in [3.8, 4) is 11.5 Å². The normalized spacial score (nSPS) is 15.0. The Hall–Kier alpha value is -1.16. The summed E-state index contributed by atoms with van der Waals surface area (Å²) in [5.74, 6) is 2.01. The average Bonchev–Trinajstić information content (AvgIpc) is 2.74. The van der Waals surface area contributed by atoms with Crippen LogP contribution in [0.25, 0.3) is 0 Å². The number of carbonyl (C=O) groups is 1. The summed E-state index contributed by atoms with van der Waals surface area (Å²) in [6.07, 6.45) is 1.59. The minimum absolute atomic E-state index is 0.0657. The summed E-state index contributed by atoms with van der Waals surface area (Å²) in [7, 11) is 0. The summed E-state index contributed by atoms with van der Waals surface area (Å²) in [4.78, 5) is 10.7. The van der Waals surface area contributed by atoms with Gasteiger partial charge in [0.05, 0.1) is 0 Å². The molecular weight excluding hydrogens is 212 g/mol. The minimum atomic E-state index is -0.0657. The van der Waals surface area contributed by atoms with Gasteiger partial charge >= 0.3 is 0 Å². The van der Waals surface area contributed by atoms with Gasteiger partial charge < -0.3 is 14.3 Å². The predicted octanol–water partition coefficient (Wildman–Crippen LogP) is 1.70. The van der Waals surface area contributed by atoms with E-state index in [0.717, 1.165) is 23.3 Å². The molecule has 0 saturated carbocycles. The lowest BCUT2D eigenvalue weighted by molar-refractivity contribution is -0.110. The third-order valence-corrected chi connectivity index (χ3v) is 2.86. The quantitative estimate of drug-likeness (QED) is 0.624. The summed E-state index contributed by atoms with van der Waals surface area (Å²) in [6.45, 7) is 0.263. The second kappa shape index (κ2) is 4.57. The van der Waals surface area contributed by atoms with Crippen molar-refractivity contribution >= 4 is 18.9 Å². The van der Waals surface area contributed by atoms with Crippen LogP contribution in [-0.4, -0.2) is 18.8 Å². The van der Waals surface area contributed by atoms with Crippen molar-refractivity contribution < 1.29 is 14.3 Å². The van der Waals surface area contributed by atoms with E-state index in [1.165, 1.54) is 0 Å². The van der Waals surface area contributed by atoms with Gasteiger partial charge in [0.15, 0.2) is 11.5 Å². The number of thiol groups is 1. The Morgan fingerprint density at radius 3 is 3.07 bits per heavy atom. The first kappa shape index (κ1) is 10.4. The molecule has 2 rings (SSSR count). The van der Waals surface area contributed by atoms with E-state index in [0.29, 0.717) is 12.2 Å². The molecule has 0 bridgehead atoms. The zero-order valence-electron chi connectivity index (χ0n) is 8.18. The maximum atomic E-state index is 10.7. The summed E-state index contributed by atoms with van der Waals surface area (Å²) in [5, 5.41) is 0. The molecule has 3 nitrogen and oxygen atoms in total. The lowest BCUT2D eigenvalue weighted by Gasteiger charge is -2.09. The highest BCUT2D eigenvalue weighted by molar-refractivity contribution is 7.80. The van der Waals surface area contributed by atoms with E-state index >= 15 is 0 Å². The Morgan fingerprint density at radius 2 is 2.33 bits per heavy atom. The van der Waals surface area contributed by atoms with Crippen molar-refractivity contribution in [1.29, 1.82) is 0 Å². The molecule has 0 radical (unpaired) electrons. The van der Waals surface area contributed by atoms with Gasteiger partial charge in [0.2, 0.25) is 6.79 Å². The summed E-state index contributed by atoms with van der Waals surface area (Å²) in [5.41, 5.74) is 1.01. The van der Waals surface area contributed by atoms with Gasteiger partial charge in [-0.15, -0.1) is 0 Å². The van der Waals surface area contributed by atoms with Gasteiger partial charge in [-0.05, 0) is 18.1 Å². The monoisotopic (exact) mass is 224 g/mol. The summed E-state index contributed by atoms with van der Waals surface area (Å²) >= 11 is 4.13. The summed E-state index contributed by atoms with van der Waals surface area (Å²) < 4.78 is 10.6. The molecule has 0 aliphatic carbocycles. The van der Waals surface area contributed by atoms with Gasteiger partial charge in [-0.25, -0.2) is 0 Å². The lowest BCUT2D eigenvalue weighted by Crippen LogP contribution is -2.08. The van der Waals surface area contributed by atoms with Crippen LogP contribution >= 0.6 is 12.6 Å². The fraction of sp³-hybridized carbons (Fsp3) is 0.364. The highest BCUT2D eigenvalue weighted by Crippen LogP contribution is 2.36.